The summed E-state index contributed by atoms with van der Waals surface area (Å²) in [6, 6.07) is -0.00586. The average Bonchev–Trinajstić information content (AvgIpc) is 3.21. The Bertz CT molecular complexity index is 503. The molecule has 2 aliphatic carbocycles. The summed E-state index contributed by atoms with van der Waals surface area (Å²) in [5, 5.41) is 3.32. The van der Waals surface area contributed by atoms with Gasteiger partial charge in [0.05, 0.1) is 11.7 Å². The van der Waals surface area contributed by atoms with Gasteiger partial charge in [0.15, 0.2) is 0 Å². The molecule has 0 amide bonds. The highest BCUT2D eigenvalue weighted by Gasteiger charge is 2.47. The first-order valence-corrected chi connectivity index (χ1v) is 8.35. The largest absolute Gasteiger partial charge is 0.379 e. The number of ketones is 2. The zero-order valence-electron chi connectivity index (χ0n) is 12.7. The second-order valence-corrected chi connectivity index (χ2v) is 7.61. The van der Waals surface area contributed by atoms with Crippen molar-refractivity contribution in [2.24, 2.45) is 17.3 Å². The number of carbonyl (C=O) groups excluding carboxylic acids is 2. The molecule has 0 radical (unpaired) electrons. The molecule has 114 valence electrons. The predicted octanol–water partition coefficient (Wildman–Crippen LogP) is 1.86. The lowest BCUT2D eigenvalue weighted by atomic mass is 9.62. The molecule has 0 aromatic rings. The third-order valence-electron chi connectivity index (χ3n) is 6.14. The van der Waals surface area contributed by atoms with Gasteiger partial charge in [0.1, 0.15) is 5.78 Å². The van der Waals surface area contributed by atoms with Crippen LogP contribution in [0.5, 0.6) is 0 Å². The maximum Gasteiger partial charge on any atom is 0.202 e. The SMILES string of the molecule is CC(C1CC1)C1NC=C(N2CCC3(CC2)CC(=O)C3)C1=O. The Kier molecular flexibility index (Phi) is 2.92. The van der Waals surface area contributed by atoms with Gasteiger partial charge in [-0.1, -0.05) is 6.92 Å². The molecular weight excluding hydrogens is 264 g/mol. The molecule has 2 heterocycles. The molecule has 21 heavy (non-hydrogen) atoms. The minimum Gasteiger partial charge on any atom is -0.379 e. The van der Waals surface area contributed by atoms with Gasteiger partial charge < -0.3 is 10.2 Å². The molecular formula is C17H24N2O2. The van der Waals surface area contributed by atoms with Gasteiger partial charge in [-0.2, -0.15) is 0 Å². The fourth-order valence-corrected chi connectivity index (χ4v) is 4.37. The van der Waals surface area contributed by atoms with Crippen molar-refractivity contribution in [2.75, 3.05) is 13.1 Å². The van der Waals surface area contributed by atoms with Crippen LogP contribution in [0.25, 0.3) is 0 Å². The molecule has 4 rings (SSSR count). The molecule has 0 aromatic carbocycles. The van der Waals surface area contributed by atoms with Crippen LogP contribution in [0.2, 0.25) is 0 Å². The quantitative estimate of drug-likeness (QED) is 0.861. The highest BCUT2D eigenvalue weighted by Crippen LogP contribution is 2.47. The smallest absolute Gasteiger partial charge is 0.202 e. The fraction of sp³-hybridized carbons (Fsp3) is 0.765. The molecule has 4 nitrogen and oxygen atoms in total. The monoisotopic (exact) mass is 288 g/mol. The number of rotatable bonds is 3. The van der Waals surface area contributed by atoms with Crippen LogP contribution in [0.15, 0.2) is 11.9 Å². The zero-order valence-corrected chi connectivity index (χ0v) is 12.7. The van der Waals surface area contributed by atoms with E-state index in [9.17, 15) is 9.59 Å². The Labute approximate surface area is 125 Å². The van der Waals surface area contributed by atoms with E-state index in [1.807, 2.05) is 6.20 Å². The summed E-state index contributed by atoms with van der Waals surface area (Å²) in [6.45, 7) is 4.06. The van der Waals surface area contributed by atoms with Crippen molar-refractivity contribution in [3.63, 3.8) is 0 Å². The first kappa shape index (κ1) is 13.4. The number of Topliss-reactive ketones (excluding diaryl/α,β-unsaturated/α-hetero) is 2. The molecule has 1 spiro atoms. The second kappa shape index (κ2) is 4.59. The topological polar surface area (TPSA) is 49.4 Å². The molecule has 1 N–H and O–H groups in total. The van der Waals surface area contributed by atoms with E-state index < -0.39 is 0 Å². The molecule has 4 aliphatic rings. The first-order chi connectivity index (χ1) is 10.1. The van der Waals surface area contributed by atoms with Gasteiger partial charge >= 0.3 is 0 Å². The molecule has 0 bridgehead atoms. The first-order valence-electron chi connectivity index (χ1n) is 8.35. The molecule has 3 fully saturated rings. The lowest BCUT2D eigenvalue weighted by Crippen LogP contribution is -2.48. The lowest BCUT2D eigenvalue weighted by Gasteiger charge is -2.47. The van der Waals surface area contributed by atoms with Crippen LogP contribution >= 0.6 is 0 Å². The number of nitrogens with zero attached hydrogens (tertiary/aromatic N) is 1. The van der Waals surface area contributed by atoms with E-state index in [2.05, 4.69) is 17.1 Å². The van der Waals surface area contributed by atoms with E-state index >= 15 is 0 Å². The van der Waals surface area contributed by atoms with Crippen molar-refractivity contribution in [1.29, 1.82) is 0 Å². The minimum atomic E-state index is -0.00586. The van der Waals surface area contributed by atoms with Gasteiger partial charge in [-0.25, -0.2) is 0 Å². The van der Waals surface area contributed by atoms with Gasteiger partial charge in [0.2, 0.25) is 5.78 Å². The van der Waals surface area contributed by atoms with Crippen LogP contribution in [0.1, 0.15) is 45.4 Å². The molecule has 0 aromatic heterocycles. The number of carbonyl (C=O) groups is 2. The van der Waals surface area contributed by atoms with Crippen molar-refractivity contribution in [3.8, 4) is 0 Å². The summed E-state index contributed by atoms with van der Waals surface area (Å²) < 4.78 is 0. The van der Waals surface area contributed by atoms with Crippen LogP contribution in [0.4, 0.5) is 0 Å². The Morgan fingerprint density at radius 3 is 2.48 bits per heavy atom. The summed E-state index contributed by atoms with van der Waals surface area (Å²) in [6.07, 6.45) is 8.17. The number of nitrogens with one attached hydrogen (secondary N) is 1. The molecule has 1 saturated heterocycles. The van der Waals surface area contributed by atoms with Crippen molar-refractivity contribution < 1.29 is 9.59 Å². The standard InChI is InChI=1S/C17H24N2O2/c1-11(12-2-3-12)15-16(21)14(10-18-15)19-6-4-17(5-7-19)8-13(20)9-17/h10-12,15,18H,2-9H2,1H3. The van der Waals surface area contributed by atoms with Gasteiger partial charge in [0, 0.05) is 32.1 Å². The van der Waals surface area contributed by atoms with E-state index in [0.717, 1.165) is 50.4 Å². The van der Waals surface area contributed by atoms with Crippen LogP contribution in [0, 0.1) is 17.3 Å². The van der Waals surface area contributed by atoms with E-state index in [1.54, 1.807) is 0 Å². The number of piperidine rings is 1. The van der Waals surface area contributed by atoms with Crippen LogP contribution in [-0.4, -0.2) is 35.6 Å². The average molecular weight is 288 g/mol. The molecule has 4 heteroatoms. The number of hydrogen-bond acceptors (Lipinski definition) is 4. The van der Waals surface area contributed by atoms with Crippen molar-refractivity contribution in [1.82, 2.24) is 10.2 Å². The third kappa shape index (κ3) is 2.19. The summed E-state index contributed by atoms with van der Waals surface area (Å²) in [5.41, 5.74) is 1.16. The maximum atomic E-state index is 12.6. The minimum absolute atomic E-state index is 0.00586. The Balaban J connectivity index is 1.37. The highest BCUT2D eigenvalue weighted by atomic mass is 16.1. The van der Waals surface area contributed by atoms with E-state index in [-0.39, 0.29) is 17.2 Å². The van der Waals surface area contributed by atoms with Crippen LogP contribution in [-0.2, 0) is 9.59 Å². The second-order valence-electron chi connectivity index (χ2n) is 7.61. The summed E-state index contributed by atoms with van der Waals surface area (Å²) >= 11 is 0. The Morgan fingerprint density at radius 1 is 1.24 bits per heavy atom. The molecule has 2 unspecified atom stereocenters. The number of hydrogen-bond donors (Lipinski definition) is 1. The third-order valence-corrected chi connectivity index (χ3v) is 6.14. The van der Waals surface area contributed by atoms with E-state index in [0.29, 0.717) is 11.7 Å². The van der Waals surface area contributed by atoms with Crippen molar-refractivity contribution >= 4 is 11.6 Å². The molecule has 2 atom stereocenters. The summed E-state index contributed by atoms with van der Waals surface area (Å²) in [7, 11) is 0. The zero-order chi connectivity index (χ0) is 14.6. The number of likely N-dealkylation sites (tertiary alicyclic amines) is 1. The van der Waals surface area contributed by atoms with Crippen LogP contribution in [0.3, 0.4) is 0 Å². The Morgan fingerprint density at radius 2 is 1.90 bits per heavy atom. The van der Waals surface area contributed by atoms with E-state index in [4.69, 9.17) is 0 Å². The normalized spacial score (nSPS) is 32.7. The molecule has 2 saturated carbocycles. The Hall–Kier alpha value is -1.32. The van der Waals surface area contributed by atoms with E-state index in [1.165, 1.54) is 12.8 Å². The van der Waals surface area contributed by atoms with Gasteiger partial charge in [-0.15, -0.1) is 0 Å². The summed E-state index contributed by atoms with van der Waals surface area (Å²) in [5.74, 6) is 1.89. The predicted molar refractivity (Wildman–Crippen MR) is 79.4 cm³/mol. The maximum absolute atomic E-state index is 12.6. The van der Waals surface area contributed by atoms with Crippen molar-refractivity contribution in [3.05, 3.63) is 11.9 Å². The lowest BCUT2D eigenvalue weighted by molar-refractivity contribution is -0.135. The fourth-order valence-electron chi connectivity index (χ4n) is 4.37. The molecule has 2 aliphatic heterocycles. The highest BCUT2D eigenvalue weighted by molar-refractivity contribution is 6.01. The van der Waals surface area contributed by atoms with Gasteiger partial charge in [-0.3, -0.25) is 9.59 Å². The van der Waals surface area contributed by atoms with Crippen LogP contribution < -0.4 is 5.32 Å². The summed E-state index contributed by atoms with van der Waals surface area (Å²) in [4.78, 5) is 26.1. The van der Waals surface area contributed by atoms with Gasteiger partial charge in [-0.05, 0) is 42.9 Å². The van der Waals surface area contributed by atoms with Gasteiger partial charge in [0.25, 0.3) is 0 Å². The van der Waals surface area contributed by atoms with Crippen molar-refractivity contribution in [2.45, 2.75) is 51.5 Å².